The van der Waals surface area contributed by atoms with Crippen LogP contribution in [0.25, 0.3) is 16.8 Å². The number of hydrogen-bond acceptors (Lipinski definition) is 3. The van der Waals surface area contributed by atoms with Gasteiger partial charge in [-0.3, -0.25) is 18.6 Å². The molecule has 6 nitrogen and oxygen atoms in total. The van der Waals surface area contributed by atoms with Crippen LogP contribution < -0.4 is 5.56 Å². The highest BCUT2D eigenvalue weighted by Gasteiger charge is 2.64. The monoisotopic (exact) mass is 430 g/mol. The Labute approximate surface area is 167 Å². The molecule has 1 aliphatic rings. The molecule has 0 saturated carbocycles. The van der Waals surface area contributed by atoms with E-state index in [0.717, 1.165) is 0 Å². The zero-order valence-electron chi connectivity index (χ0n) is 16.0. The Morgan fingerprint density at radius 3 is 2.47 bits per heavy atom. The van der Waals surface area contributed by atoms with Crippen LogP contribution in [0.4, 0.5) is 22.0 Å². The Morgan fingerprint density at radius 2 is 1.83 bits per heavy atom. The lowest BCUT2D eigenvalue weighted by atomic mass is 9.93. The van der Waals surface area contributed by atoms with E-state index in [0.29, 0.717) is 53.2 Å². The van der Waals surface area contributed by atoms with Crippen molar-refractivity contribution >= 4 is 22.7 Å². The second-order valence-corrected chi connectivity index (χ2v) is 7.68. The van der Waals surface area contributed by atoms with E-state index in [1.54, 1.807) is 28.0 Å². The molecule has 1 aliphatic heterocycles. The van der Waals surface area contributed by atoms with Crippen LogP contribution in [0.15, 0.2) is 23.0 Å². The number of amides is 1. The van der Waals surface area contributed by atoms with Gasteiger partial charge in [0.2, 0.25) is 0 Å². The molecule has 1 amide bonds. The van der Waals surface area contributed by atoms with Crippen molar-refractivity contribution in [3.8, 4) is 0 Å². The highest BCUT2D eigenvalue weighted by atomic mass is 19.4. The Balaban J connectivity index is 1.43. The topological polar surface area (TPSA) is 59.6 Å². The predicted octanol–water partition coefficient (Wildman–Crippen LogP) is 3.22. The van der Waals surface area contributed by atoms with Gasteiger partial charge in [0.25, 0.3) is 5.56 Å². The first kappa shape index (κ1) is 20.5. The van der Waals surface area contributed by atoms with Crippen molar-refractivity contribution in [3.05, 3.63) is 34.2 Å². The number of likely N-dealkylation sites (tertiary alicyclic amines) is 1. The van der Waals surface area contributed by atoms with Crippen molar-refractivity contribution in [2.75, 3.05) is 13.1 Å². The Bertz CT molecular complexity index is 1140. The molecule has 4 rings (SSSR count). The minimum atomic E-state index is -5.90. The lowest BCUT2D eigenvalue weighted by Gasteiger charge is -2.34. The fourth-order valence-corrected chi connectivity index (χ4v) is 4.15. The van der Waals surface area contributed by atoms with E-state index >= 15 is 0 Å². The van der Waals surface area contributed by atoms with Gasteiger partial charge in [0, 0.05) is 19.6 Å². The molecule has 0 aromatic carbocycles. The molecule has 0 aliphatic carbocycles. The quantitative estimate of drug-likeness (QED) is 0.598. The molecule has 4 heterocycles. The number of halogens is 5. The van der Waals surface area contributed by atoms with E-state index in [4.69, 9.17) is 0 Å². The predicted molar refractivity (Wildman–Crippen MR) is 97.8 cm³/mol. The maximum absolute atomic E-state index is 13.3. The molecule has 1 saturated heterocycles. The molecule has 0 spiro atoms. The number of pyridine rings is 1. The zero-order chi connectivity index (χ0) is 21.8. The summed E-state index contributed by atoms with van der Waals surface area (Å²) in [7, 11) is 0. The van der Waals surface area contributed by atoms with Gasteiger partial charge < -0.3 is 4.90 Å². The summed E-state index contributed by atoms with van der Waals surface area (Å²) in [6.07, 6.45) is -4.74. The fourth-order valence-electron chi connectivity index (χ4n) is 4.15. The van der Waals surface area contributed by atoms with Crippen molar-refractivity contribution in [1.29, 1.82) is 0 Å². The number of rotatable bonds is 4. The molecule has 0 unspecified atom stereocenters. The van der Waals surface area contributed by atoms with Crippen LogP contribution in [0.1, 0.15) is 25.0 Å². The van der Waals surface area contributed by atoms with Gasteiger partial charge in [0.15, 0.2) is 0 Å². The van der Waals surface area contributed by atoms with Crippen LogP contribution in [0, 0.1) is 12.8 Å². The van der Waals surface area contributed by atoms with E-state index in [-0.39, 0.29) is 24.6 Å². The number of nitrogens with zero attached hydrogens (tertiary/aromatic N) is 4. The molecule has 0 bridgehead atoms. The molecule has 0 radical (unpaired) electrons. The summed E-state index contributed by atoms with van der Waals surface area (Å²) < 4.78 is 67.2. The van der Waals surface area contributed by atoms with Gasteiger partial charge in [-0.25, -0.2) is 4.98 Å². The van der Waals surface area contributed by atoms with Crippen molar-refractivity contribution in [1.82, 2.24) is 18.9 Å². The maximum Gasteiger partial charge on any atom is 0.463 e. The number of aryl methyl sites for hydroxylation is 2. The van der Waals surface area contributed by atoms with E-state index in [1.165, 1.54) is 0 Å². The van der Waals surface area contributed by atoms with Gasteiger partial charge in [0.05, 0.1) is 5.69 Å². The highest BCUT2D eigenvalue weighted by Crippen LogP contribution is 2.37. The van der Waals surface area contributed by atoms with E-state index in [1.807, 2.05) is 6.07 Å². The Kier molecular flexibility index (Phi) is 4.74. The lowest BCUT2D eigenvalue weighted by molar-refractivity contribution is -0.274. The van der Waals surface area contributed by atoms with Crippen LogP contribution in [-0.2, 0) is 11.3 Å². The normalized spacial score (nSPS) is 16.8. The van der Waals surface area contributed by atoms with Gasteiger partial charge in [-0.15, -0.1) is 0 Å². The molecular weight excluding hydrogens is 411 g/mol. The third-order valence-electron chi connectivity index (χ3n) is 5.81. The van der Waals surface area contributed by atoms with Crippen LogP contribution >= 0.6 is 0 Å². The standard InChI is InChI=1S/C19H19F5N4O2/c1-11-15-16(29)27(14-4-2-3-13(25-11)28(14)15)10-7-12-5-8-26(9-6-12)17(30)18(20,21)19(22,23)24/h2-4,12H,5-10H2,1H3. The van der Waals surface area contributed by atoms with Gasteiger partial charge in [-0.2, -0.15) is 22.0 Å². The number of carbonyl (C=O) groups excluding carboxylic acids is 1. The summed E-state index contributed by atoms with van der Waals surface area (Å²) in [5.41, 5.74) is 2.35. The van der Waals surface area contributed by atoms with Gasteiger partial charge in [-0.1, -0.05) is 6.07 Å². The second kappa shape index (κ2) is 6.92. The minimum absolute atomic E-state index is 0.0137. The number of alkyl halides is 5. The molecule has 162 valence electrons. The molecule has 3 aromatic heterocycles. The molecular formula is C19H19F5N4O2. The molecule has 11 heteroatoms. The highest BCUT2D eigenvalue weighted by molar-refractivity contribution is 5.84. The first-order valence-electron chi connectivity index (χ1n) is 9.56. The fraction of sp³-hybridized carbons (Fsp3) is 0.526. The summed E-state index contributed by atoms with van der Waals surface area (Å²) in [5.74, 6) is -7.56. The molecule has 1 fully saturated rings. The van der Waals surface area contributed by atoms with Gasteiger partial charge in [0.1, 0.15) is 16.8 Å². The zero-order valence-corrected chi connectivity index (χ0v) is 16.0. The van der Waals surface area contributed by atoms with Crippen molar-refractivity contribution in [2.45, 2.75) is 44.8 Å². The summed E-state index contributed by atoms with van der Waals surface area (Å²) in [6.45, 7) is 1.82. The number of hydrogen-bond donors (Lipinski definition) is 0. The number of carbonyl (C=O) groups is 1. The average molecular weight is 430 g/mol. The summed E-state index contributed by atoms with van der Waals surface area (Å²) in [6, 6.07) is 5.42. The molecule has 0 N–H and O–H groups in total. The van der Waals surface area contributed by atoms with E-state index < -0.39 is 18.0 Å². The number of aromatic nitrogens is 3. The second-order valence-electron chi connectivity index (χ2n) is 7.68. The summed E-state index contributed by atoms with van der Waals surface area (Å²) in [4.78, 5) is 29.3. The molecule has 30 heavy (non-hydrogen) atoms. The lowest BCUT2D eigenvalue weighted by Crippen LogP contribution is -2.53. The maximum atomic E-state index is 13.3. The van der Waals surface area contributed by atoms with Crippen molar-refractivity contribution in [2.24, 2.45) is 5.92 Å². The van der Waals surface area contributed by atoms with Gasteiger partial charge in [-0.05, 0) is 44.2 Å². The van der Waals surface area contributed by atoms with Crippen LogP contribution in [-0.4, -0.2) is 49.9 Å². The first-order chi connectivity index (χ1) is 14.0. The van der Waals surface area contributed by atoms with Crippen LogP contribution in [0.2, 0.25) is 0 Å². The average Bonchev–Trinajstić information content (AvgIpc) is 3.17. The summed E-state index contributed by atoms with van der Waals surface area (Å²) in [5, 5.41) is 0. The van der Waals surface area contributed by atoms with Crippen LogP contribution in [0.5, 0.6) is 0 Å². The smallest absolute Gasteiger partial charge is 0.337 e. The third kappa shape index (κ3) is 3.10. The summed E-state index contributed by atoms with van der Waals surface area (Å²) >= 11 is 0. The molecule has 0 atom stereocenters. The SMILES string of the molecule is Cc1nc2cccc3n(CCC4CCN(C(=O)C(F)(F)C(F)(F)F)CC4)c(=O)c1n23. The third-order valence-corrected chi connectivity index (χ3v) is 5.81. The van der Waals surface area contributed by atoms with Crippen molar-refractivity contribution in [3.63, 3.8) is 0 Å². The largest absolute Gasteiger partial charge is 0.463 e. The molecule has 3 aromatic rings. The van der Waals surface area contributed by atoms with E-state index in [2.05, 4.69) is 4.98 Å². The van der Waals surface area contributed by atoms with Crippen molar-refractivity contribution < 1.29 is 26.7 Å². The van der Waals surface area contributed by atoms with Gasteiger partial charge >= 0.3 is 18.0 Å². The van der Waals surface area contributed by atoms with Crippen LogP contribution in [0.3, 0.4) is 0 Å². The van der Waals surface area contributed by atoms with E-state index in [9.17, 15) is 31.5 Å². The minimum Gasteiger partial charge on any atom is -0.337 e. The Hall–Kier alpha value is -2.72. The Morgan fingerprint density at radius 1 is 1.17 bits per heavy atom. The first-order valence-corrected chi connectivity index (χ1v) is 9.56. The number of imidazole rings is 2. The number of piperidine rings is 1.